The first-order chi connectivity index (χ1) is 9.88. The number of aliphatic imine (C=N–C) groups is 1. The molecule has 3 unspecified atom stereocenters. The molecule has 1 fully saturated rings. The minimum atomic E-state index is -0.297. The molecule has 3 aliphatic rings. The van der Waals surface area contributed by atoms with Crippen LogP contribution >= 0.6 is 0 Å². The molecule has 0 bridgehead atoms. The zero-order valence-corrected chi connectivity index (χ0v) is 11.1. The van der Waals surface area contributed by atoms with Gasteiger partial charge in [-0.2, -0.15) is 0 Å². The molecular formula is C17H16N2O. The fraction of sp³-hybridized carbons (Fsp3) is 0.235. The second kappa shape index (κ2) is 4.54. The van der Waals surface area contributed by atoms with E-state index in [1.807, 2.05) is 24.4 Å². The van der Waals surface area contributed by atoms with Crippen molar-refractivity contribution in [3.8, 4) is 0 Å². The second-order valence-electron chi connectivity index (χ2n) is 5.28. The van der Waals surface area contributed by atoms with Gasteiger partial charge in [0.15, 0.2) is 0 Å². The summed E-state index contributed by atoms with van der Waals surface area (Å²) >= 11 is 0. The number of hydrogen-bond acceptors (Lipinski definition) is 3. The molecule has 0 radical (unpaired) electrons. The van der Waals surface area contributed by atoms with Crippen LogP contribution in [-0.4, -0.2) is 23.9 Å². The quantitative estimate of drug-likeness (QED) is 0.845. The number of hydrogen-bond donors (Lipinski definition) is 1. The van der Waals surface area contributed by atoms with E-state index in [9.17, 15) is 0 Å². The Hall–Kier alpha value is -1.97. The lowest BCUT2D eigenvalue weighted by Crippen LogP contribution is -2.64. The molecule has 1 saturated heterocycles. The standard InChI is InChI=1S/C17H16N2O/c1-2-6-13(7-3-1)14-12-19-17-10-5-4-8-15(17)18-11-9-16(17)20-14/h1-11,14,16,19H,12H2. The van der Waals surface area contributed by atoms with Crippen LogP contribution in [0.2, 0.25) is 0 Å². The highest BCUT2D eigenvalue weighted by Gasteiger charge is 2.46. The van der Waals surface area contributed by atoms with Gasteiger partial charge in [-0.05, 0) is 17.7 Å². The van der Waals surface area contributed by atoms with Crippen molar-refractivity contribution < 1.29 is 4.74 Å². The summed E-state index contributed by atoms with van der Waals surface area (Å²) in [6.07, 6.45) is 12.2. The predicted molar refractivity (Wildman–Crippen MR) is 79.6 cm³/mol. The van der Waals surface area contributed by atoms with Crippen LogP contribution in [0.5, 0.6) is 0 Å². The molecule has 1 N–H and O–H groups in total. The molecular weight excluding hydrogens is 248 g/mol. The average molecular weight is 264 g/mol. The van der Waals surface area contributed by atoms with Crippen molar-refractivity contribution in [1.82, 2.24) is 5.32 Å². The summed E-state index contributed by atoms with van der Waals surface area (Å²) in [5, 5.41) is 3.64. The molecule has 3 heteroatoms. The van der Waals surface area contributed by atoms with Gasteiger partial charge in [0, 0.05) is 12.7 Å². The Kier molecular flexibility index (Phi) is 2.69. The maximum atomic E-state index is 6.32. The van der Waals surface area contributed by atoms with Crippen LogP contribution in [0.15, 0.2) is 71.9 Å². The van der Waals surface area contributed by atoms with Gasteiger partial charge in [-0.1, -0.05) is 48.6 Å². The van der Waals surface area contributed by atoms with E-state index in [-0.39, 0.29) is 17.7 Å². The first-order valence-corrected chi connectivity index (χ1v) is 6.95. The van der Waals surface area contributed by atoms with Gasteiger partial charge in [0.2, 0.25) is 0 Å². The van der Waals surface area contributed by atoms with Crippen molar-refractivity contribution in [2.45, 2.75) is 17.7 Å². The Morgan fingerprint density at radius 1 is 1.20 bits per heavy atom. The summed E-state index contributed by atoms with van der Waals surface area (Å²) in [5.74, 6) is 0. The van der Waals surface area contributed by atoms with Gasteiger partial charge in [0.05, 0.1) is 11.8 Å². The third-order valence-corrected chi connectivity index (χ3v) is 4.13. The maximum absolute atomic E-state index is 6.32. The smallest absolute Gasteiger partial charge is 0.110 e. The molecule has 1 aromatic rings. The monoisotopic (exact) mass is 264 g/mol. The lowest BCUT2D eigenvalue weighted by molar-refractivity contribution is -0.0451. The summed E-state index contributed by atoms with van der Waals surface area (Å²) in [6, 6.07) is 10.4. The molecule has 0 amide bonds. The Labute approximate surface area is 118 Å². The largest absolute Gasteiger partial charge is 0.362 e. The van der Waals surface area contributed by atoms with E-state index in [0.717, 1.165) is 12.3 Å². The third kappa shape index (κ3) is 1.71. The molecule has 2 aliphatic heterocycles. The van der Waals surface area contributed by atoms with Crippen LogP contribution in [0.25, 0.3) is 0 Å². The Balaban J connectivity index is 1.65. The highest BCUT2D eigenvalue weighted by molar-refractivity contribution is 6.07. The van der Waals surface area contributed by atoms with Gasteiger partial charge in [-0.25, -0.2) is 0 Å². The fourth-order valence-electron chi connectivity index (χ4n) is 3.07. The molecule has 3 atom stereocenters. The summed E-state index contributed by atoms with van der Waals surface area (Å²) in [4.78, 5) is 4.48. The van der Waals surface area contributed by atoms with Gasteiger partial charge < -0.3 is 4.74 Å². The topological polar surface area (TPSA) is 33.6 Å². The lowest BCUT2D eigenvalue weighted by atomic mass is 9.80. The van der Waals surface area contributed by atoms with E-state index in [0.29, 0.717) is 0 Å². The highest BCUT2D eigenvalue weighted by Crippen LogP contribution is 2.34. The molecule has 3 nitrogen and oxygen atoms in total. The van der Waals surface area contributed by atoms with Crippen molar-refractivity contribution in [2.24, 2.45) is 4.99 Å². The van der Waals surface area contributed by atoms with Crippen LogP contribution in [0, 0.1) is 0 Å². The molecule has 100 valence electrons. The molecule has 20 heavy (non-hydrogen) atoms. The van der Waals surface area contributed by atoms with Crippen LogP contribution in [-0.2, 0) is 4.74 Å². The Morgan fingerprint density at radius 2 is 2.10 bits per heavy atom. The highest BCUT2D eigenvalue weighted by atomic mass is 16.5. The van der Waals surface area contributed by atoms with Gasteiger partial charge >= 0.3 is 0 Å². The molecule has 1 aliphatic carbocycles. The normalized spacial score (nSPS) is 34.3. The van der Waals surface area contributed by atoms with E-state index in [4.69, 9.17) is 4.74 Å². The molecule has 0 saturated carbocycles. The number of rotatable bonds is 1. The molecule has 0 aromatic heterocycles. The molecule has 1 aromatic carbocycles. The Morgan fingerprint density at radius 3 is 3.00 bits per heavy atom. The first kappa shape index (κ1) is 11.8. The van der Waals surface area contributed by atoms with Crippen molar-refractivity contribution in [2.75, 3.05) is 6.54 Å². The van der Waals surface area contributed by atoms with Crippen LogP contribution < -0.4 is 5.32 Å². The first-order valence-electron chi connectivity index (χ1n) is 6.95. The zero-order chi connectivity index (χ0) is 13.4. The minimum Gasteiger partial charge on any atom is -0.362 e. The maximum Gasteiger partial charge on any atom is 0.110 e. The molecule has 2 heterocycles. The number of benzene rings is 1. The summed E-state index contributed by atoms with van der Waals surface area (Å²) in [5.41, 5.74) is 1.94. The van der Waals surface area contributed by atoms with E-state index < -0.39 is 0 Å². The average Bonchev–Trinajstić information content (AvgIpc) is 2.53. The van der Waals surface area contributed by atoms with Crippen LogP contribution in [0.3, 0.4) is 0 Å². The van der Waals surface area contributed by atoms with Gasteiger partial charge in [-0.3, -0.25) is 10.3 Å². The van der Waals surface area contributed by atoms with Crippen molar-refractivity contribution in [3.63, 3.8) is 0 Å². The zero-order valence-electron chi connectivity index (χ0n) is 11.1. The van der Waals surface area contributed by atoms with Crippen LogP contribution in [0.1, 0.15) is 11.7 Å². The van der Waals surface area contributed by atoms with Crippen molar-refractivity contribution in [3.05, 3.63) is 72.5 Å². The van der Waals surface area contributed by atoms with E-state index in [1.54, 1.807) is 0 Å². The number of morpholine rings is 1. The number of nitrogens with zero attached hydrogens (tertiary/aromatic N) is 1. The second-order valence-corrected chi connectivity index (χ2v) is 5.28. The SMILES string of the molecule is C1=CC2=NC=CC3OC(c4ccccc4)CNC23C=C1. The lowest BCUT2D eigenvalue weighted by Gasteiger charge is -2.46. The van der Waals surface area contributed by atoms with Crippen molar-refractivity contribution in [1.29, 1.82) is 0 Å². The minimum absolute atomic E-state index is 0.0184. The summed E-state index contributed by atoms with van der Waals surface area (Å²) in [7, 11) is 0. The van der Waals surface area contributed by atoms with E-state index in [1.165, 1.54) is 5.56 Å². The number of nitrogens with one attached hydrogen (secondary N) is 1. The summed E-state index contributed by atoms with van der Waals surface area (Å²) in [6.45, 7) is 0.783. The Bertz CT molecular complexity index is 630. The van der Waals surface area contributed by atoms with E-state index in [2.05, 4.69) is 52.8 Å². The van der Waals surface area contributed by atoms with Crippen LogP contribution in [0.4, 0.5) is 0 Å². The fourth-order valence-corrected chi connectivity index (χ4v) is 3.07. The predicted octanol–water partition coefficient (Wildman–Crippen LogP) is 2.55. The van der Waals surface area contributed by atoms with Gasteiger partial charge in [0.1, 0.15) is 11.6 Å². The molecule has 4 rings (SSSR count). The van der Waals surface area contributed by atoms with E-state index >= 15 is 0 Å². The molecule has 1 spiro atoms. The summed E-state index contributed by atoms with van der Waals surface area (Å²) < 4.78 is 6.32. The van der Waals surface area contributed by atoms with Crippen molar-refractivity contribution >= 4 is 5.71 Å². The number of ether oxygens (including phenoxy) is 1. The number of allylic oxidation sites excluding steroid dienone is 2. The third-order valence-electron chi connectivity index (χ3n) is 4.13. The van der Waals surface area contributed by atoms with Gasteiger partial charge in [0.25, 0.3) is 0 Å². The van der Waals surface area contributed by atoms with Gasteiger partial charge in [-0.15, -0.1) is 0 Å².